The summed E-state index contributed by atoms with van der Waals surface area (Å²) in [7, 11) is 0. The van der Waals surface area contributed by atoms with Gasteiger partial charge in [0.2, 0.25) is 5.91 Å². The van der Waals surface area contributed by atoms with E-state index in [2.05, 4.69) is 10.3 Å². The highest BCUT2D eigenvalue weighted by Crippen LogP contribution is 2.29. The fourth-order valence-corrected chi connectivity index (χ4v) is 4.44. The highest BCUT2D eigenvalue weighted by atomic mass is 32.1. The number of fused-ring (bicyclic) bond motifs is 2. The molecule has 1 aromatic carbocycles. The molecule has 5 nitrogen and oxygen atoms in total. The number of para-hydroxylation sites is 1. The number of aromatic nitrogens is 2. The molecule has 1 aliphatic rings. The molecule has 6 heteroatoms. The van der Waals surface area contributed by atoms with Gasteiger partial charge in [0.05, 0.1) is 5.69 Å². The Balaban J connectivity index is 1.56. The van der Waals surface area contributed by atoms with E-state index in [1.165, 1.54) is 17.7 Å². The monoisotopic (exact) mass is 353 g/mol. The van der Waals surface area contributed by atoms with Gasteiger partial charge in [0, 0.05) is 27.5 Å². The number of carbonyl (C=O) groups is 2. The lowest BCUT2D eigenvalue weighted by Gasteiger charge is -2.06. The first-order valence-corrected chi connectivity index (χ1v) is 9.30. The number of hydrogen-bond acceptors (Lipinski definition) is 4. The van der Waals surface area contributed by atoms with Crippen molar-refractivity contribution in [3.63, 3.8) is 0 Å². The number of thiazole rings is 1. The van der Waals surface area contributed by atoms with Gasteiger partial charge in [-0.2, -0.15) is 0 Å². The van der Waals surface area contributed by atoms with E-state index in [1.807, 2.05) is 28.8 Å². The quantitative estimate of drug-likeness (QED) is 0.725. The van der Waals surface area contributed by atoms with Gasteiger partial charge in [-0.1, -0.05) is 18.2 Å². The van der Waals surface area contributed by atoms with E-state index in [4.69, 9.17) is 0 Å². The minimum absolute atomic E-state index is 0.00274. The topological polar surface area (TPSA) is 64.0 Å². The van der Waals surface area contributed by atoms with Crippen LogP contribution in [0.25, 0.3) is 10.9 Å². The molecule has 128 valence electrons. The molecule has 0 bridgehead atoms. The van der Waals surface area contributed by atoms with E-state index in [0.29, 0.717) is 10.7 Å². The Hall–Kier alpha value is -2.47. The number of ketones is 1. The number of hydrogen-bond donors (Lipinski definition) is 1. The van der Waals surface area contributed by atoms with Crippen molar-refractivity contribution in [3.05, 3.63) is 46.6 Å². The molecule has 0 atom stereocenters. The van der Waals surface area contributed by atoms with E-state index >= 15 is 0 Å². The first kappa shape index (κ1) is 16.0. The number of rotatable bonds is 4. The summed E-state index contributed by atoms with van der Waals surface area (Å²) in [6.07, 6.45) is 6.21. The van der Waals surface area contributed by atoms with Gasteiger partial charge in [0.1, 0.15) is 6.54 Å². The van der Waals surface area contributed by atoms with Crippen molar-refractivity contribution < 1.29 is 9.59 Å². The Kier molecular flexibility index (Phi) is 4.13. The Morgan fingerprint density at radius 3 is 2.84 bits per heavy atom. The van der Waals surface area contributed by atoms with E-state index in [0.717, 1.165) is 29.4 Å². The van der Waals surface area contributed by atoms with Gasteiger partial charge < -0.3 is 9.88 Å². The molecule has 0 saturated heterocycles. The Morgan fingerprint density at radius 1 is 1.24 bits per heavy atom. The number of nitrogens with one attached hydrogen (secondary N) is 1. The predicted octanol–water partition coefficient (Wildman–Crippen LogP) is 3.82. The predicted molar refractivity (Wildman–Crippen MR) is 99.3 cm³/mol. The fraction of sp³-hybridized carbons (Fsp3) is 0.316. The molecule has 0 radical (unpaired) electrons. The third-order valence-electron chi connectivity index (χ3n) is 4.57. The van der Waals surface area contributed by atoms with Crippen LogP contribution in [0.3, 0.4) is 0 Å². The van der Waals surface area contributed by atoms with E-state index in [-0.39, 0.29) is 18.2 Å². The molecule has 1 amide bonds. The van der Waals surface area contributed by atoms with Crippen LogP contribution >= 0.6 is 11.3 Å². The van der Waals surface area contributed by atoms with Crippen molar-refractivity contribution in [1.82, 2.24) is 9.55 Å². The Labute approximate surface area is 149 Å². The van der Waals surface area contributed by atoms with Crippen molar-refractivity contribution in [2.24, 2.45) is 0 Å². The lowest BCUT2D eigenvalue weighted by molar-refractivity contribution is -0.116. The minimum Gasteiger partial charge on any atom is -0.337 e. The van der Waals surface area contributed by atoms with Gasteiger partial charge in [-0.3, -0.25) is 9.59 Å². The second kappa shape index (κ2) is 6.44. The minimum atomic E-state index is -0.123. The number of amides is 1. The van der Waals surface area contributed by atoms with E-state index < -0.39 is 0 Å². The maximum atomic E-state index is 12.5. The molecule has 0 fully saturated rings. The highest BCUT2D eigenvalue weighted by molar-refractivity contribution is 7.15. The van der Waals surface area contributed by atoms with Gasteiger partial charge >= 0.3 is 0 Å². The van der Waals surface area contributed by atoms with Crippen LogP contribution in [0.15, 0.2) is 30.5 Å². The summed E-state index contributed by atoms with van der Waals surface area (Å²) in [6, 6.07) is 7.65. The molecule has 2 aromatic heterocycles. The number of nitrogens with zero attached hydrogens (tertiary/aromatic N) is 2. The van der Waals surface area contributed by atoms with E-state index in [1.54, 1.807) is 24.5 Å². The molecule has 1 N–H and O–H groups in total. The van der Waals surface area contributed by atoms with Gasteiger partial charge in [-0.05, 0) is 38.7 Å². The summed E-state index contributed by atoms with van der Waals surface area (Å²) in [4.78, 5) is 30.2. The highest BCUT2D eigenvalue weighted by Gasteiger charge is 2.17. The SMILES string of the molecule is CC(=O)c1cn(CC(=O)Nc2nc3c(s2)CCCC3)c2ccccc12. The van der Waals surface area contributed by atoms with Gasteiger partial charge in [-0.15, -0.1) is 11.3 Å². The van der Waals surface area contributed by atoms with Gasteiger partial charge in [0.25, 0.3) is 0 Å². The van der Waals surface area contributed by atoms with Gasteiger partial charge in [-0.25, -0.2) is 4.98 Å². The largest absolute Gasteiger partial charge is 0.337 e. The average molecular weight is 353 g/mol. The molecule has 1 aliphatic carbocycles. The second-order valence-corrected chi connectivity index (χ2v) is 7.47. The van der Waals surface area contributed by atoms with Crippen LogP contribution in [0.1, 0.15) is 40.7 Å². The molecule has 2 heterocycles. The summed E-state index contributed by atoms with van der Waals surface area (Å²) in [5.41, 5.74) is 2.67. The molecule has 0 unspecified atom stereocenters. The zero-order valence-corrected chi connectivity index (χ0v) is 14.9. The summed E-state index contributed by atoms with van der Waals surface area (Å²) >= 11 is 1.58. The first-order chi connectivity index (χ1) is 12.1. The smallest absolute Gasteiger partial charge is 0.246 e. The zero-order chi connectivity index (χ0) is 17.4. The third-order valence-corrected chi connectivity index (χ3v) is 5.65. The van der Waals surface area contributed by atoms with Crippen molar-refractivity contribution in [1.29, 1.82) is 0 Å². The van der Waals surface area contributed by atoms with Gasteiger partial charge in [0.15, 0.2) is 10.9 Å². The number of Topliss-reactive ketones (excluding diaryl/α,β-unsaturated/α-hetero) is 1. The summed E-state index contributed by atoms with van der Waals surface area (Å²) < 4.78 is 1.83. The molecule has 3 aromatic rings. The van der Waals surface area contributed by atoms with Crippen LogP contribution in [-0.2, 0) is 24.2 Å². The standard InChI is InChI=1S/C19H19N3O2S/c1-12(23)14-10-22(16-8-4-2-6-13(14)16)11-18(24)21-19-20-15-7-3-5-9-17(15)25-19/h2,4,6,8,10H,3,5,7,9,11H2,1H3,(H,20,21,24). The summed E-state index contributed by atoms with van der Waals surface area (Å²) in [5.74, 6) is -0.120. The van der Waals surface area contributed by atoms with E-state index in [9.17, 15) is 9.59 Å². The molecule has 0 saturated carbocycles. The van der Waals surface area contributed by atoms with Crippen LogP contribution < -0.4 is 5.32 Å². The van der Waals surface area contributed by atoms with Crippen molar-refractivity contribution in [3.8, 4) is 0 Å². The maximum absolute atomic E-state index is 12.5. The van der Waals surface area contributed by atoms with Crippen LogP contribution in [0, 0.1) is 0 Å². The summed E-state index contributed by atoms with van der Waals surface area (Å²) in [6.45, 7) is 1.71. The molecular formula is C19H19N3O2S. The lowest BCUT2D eigenvalue weighted by Crippen LogP contribution is -2.18. The number of aryl methyl sites for hydroxylation is 2. The lowest BCUT2D eigenvalue weighted by atomic mass is 10.0. The average Bonchev–Trinajstić information content (AvgIpc) is 3.16. The van der Waals surface area contributed by atoms with Crippen LogP contribution in [0.2, 0.25) is 0 Å². The van der Waals surface area contributed by atoms with Crippen molar-refractivity contribution >= 4 is 39.1 Å². The Bertz CT molecular complexity index is 947. The second-order valence-electron chi connectivity index (χ2n) is 6.39. The number of anilines is 1. The molecular weight excluding hydrogens is 334 g/mol. The maximum Gasteiger partial charge on any atom is 0.246 e. The third kappa shape index (κ3) is 3.09. The van der Waals surface area contributed by atoms with Crippen LogP contribution in [0.5, 0.6) is 0 Å². The first-order valence-electron chi connectivity index (χ1n) is 8.49. The summed E-state index contributed by atoms with van der Waals surface area (Å²) in [5, 5.41) is 4.48. The van der Waals surface area contributed by atoms with Crippen LogP contribution in [-0.4, -0.2) is 21.2 Å². The molecule has 4 rings (SSSR count). The molecule has 0 aliphatic heterocycles. The zero-order valence-electron chi connectivity index (χ0n) is 14.0. The molecule has 25 heavy (non-hydrogen) atoms. The van der Waals surface area contributed by atoms with Crippen molar-refractivity contribution in [2.45, 2.75) is 39.2 Å². The normalized spacial score (nSPS) is 13.6. The molecule has 0 spiro atoms. The van der Waals surface area contributed by atoms with Crippen LogP contribution in [0.4, 0.5) is 5.13 Å². The Morgan fingerprint density at radius 2 is 2.04 bits per heavy atom. The van der Waals surface area contributed by atoms with Crippen molar-refractivity contribution in [2.75, 3.05) is 5.32 Å². The fourth-order valence-electron chi connectivity index (χ4n) is 3.38. The number of benzene rings is 1. The number of carbonyl (C=O) groups excluding carboxylic acids is 2.